The minimum atomic E-state index is 0.242. The molecule has 1 saturated heterocycles. The molecule has 20 heavy (non-hydrogen) atoms. The molecule has 3 nitrogen and oxygen atoms in total. The molecule has 1 aliphatic rings. The first-order valence-electron chi connectivity index (χ1n) is 7.57. The molecule has 0 amide bonds. The van der Waals surface area contributed by atoms with E-state index in [1.165, 1.54) is 11.3 Å². The van der Waals surface area contributed by atoms with Crippen molar-refractivity contribution < 1.29 is 5.11 Å². The number of nitrogens with one attached hydrogen (secondary N) is 1. The number of halogens is 1. The SMILES string of the molecule is CCCNC(C)c1cc(Br)ccc1N1CCCC1CO. The standard InChI is InChI=1S/C16H25BrN2O/c1-3-8-18-12(2)15-10-13(17)6-7-16(15)19-9-4-5-14(19)11-20/h6-7,10,12,14,18,20H,3-5,8-9,11H2,1-2H3. The van der Waals surface area contributed by atoms with Crippen molar-refractivity contribution in [2.24, 2.45) is 0 Å². The van der Waals surface area contributed by atoms with Gasteiger partial charge in [0.1, 0.15) is 0 Å². The molecule has 1 fully saturated rings. The van der Waals surface area contributed by atoms with Crippen molar-refractivity contribution >= 4 is 21.6 Å². The van der Waals surface area contributed by atoms with Gasteiger partial charge >= 0.3 is 0 Å². The van der Waals surface area contributed by atoms with Crippen LogP contribution in [0, 0.1) is 0 Å². The fourth-order valence-corrected chi connectivity index (χ4v) is 3.33. The zero-order valence-electron chi connectivity index (χ0n) is 12.4. The van der Waals surface area contributed by atoms with Crippen molar-refractivity contribution in [1.82, 2.24) is 5.32 Å². The summed E-state index contributed by atoms with van der Waals surface area (Å²) in [5.74, 6) is 0. The summed E-state index contributed by atoms with van der Waals surface area (Å²) in [4.78, 5) is 2.37. The Morgan fingerprint density at radius 2 is 2.30 bits per heavy atom. The maximum Gasteiger partial charge on any atom is 0.0635 e. The Labute approximate surface area is 130 Å². The first-order valence-corrected chi connectivity index (χ1v) is 8.37. The van der Waals surface area contributed by atoms with E-state index in [-0.39, 0.29) is 12.6 Å². The van der Waals surface area contributed by atoms with Gasteiger partial charge in [0.2, 0.25) is 0 Å². The molecule has 112 valence electrons. The highest BCUT2D eigenvalue weighted by atomic mass is 79.9. The van der Waals surface area contributed by atoms with Gasteiger partial charge in [-0.25, -0.2) is 0 Å². The molecule has 0 radical (unpaired) electrons. The van der Waals surface area contributed by atoms with E-state index in [4.69, 9.17) is 0 Å². The van der Waals surface area contributed by atoms with Gasteiger partial charge in [0.15, 0.2) is 0 Å². The van der Waals surface area contributed by atoms with Crippen LogP contribution in [0.1, 0.15) is 44.7 Å². The summed E-state index contributed by atoms with van der Waals surface area (Å²) in [7, 11) is 0. The second kappa shape index (κ2) is 7.43. The molecule has 0 bridgehead atoms. The van der Waals surface area contributed by atoms with E-state index in [2.05, 4.69) is 58.2 Å². The molecular weight excluding hydrogens is 316 g/mol. The van der Waals surface area contributed by atoms with Crippen LogP contribution in [0.5, 0.6) is 0 Å². The molecular formula is C16H25BrN2O. The van der Waals surface area contributed by atoms with E-state index in [0.717, 1.165) is 36.8 Å². The first kappa shape index (κ1) is 15.8. The lowest BCUT2D eigenvalue weighted by molar-refractivity contribution is 0.266. The third-order valence-corrected chi connectivity index (χ3v) is 4.55. The number of nitrogens with zero attached hydrogens (tertiary/aromatic N) is 1. The van der Waals surface area contributed by atoms with Crippen LogP contribution in [0.4, 0.5) is 5.69 Å². The summed E-state index contributed by atoms with van der Waals surface area (Å²) >= 11 is 3.58. The third-order valence-electron chi connectivity index (χ3n) is 4.05. The molecule has 0 spiro atoms. The van der Waals surface area contributed by atoms with Gasteiger partial charge in [0, 0.05) is 22.7 Å². The fourth-order valence-electron chi connectivity index (χ4n) is 2.95. The zero-order chi connectivity index (χ0) is 14.5. The smallest absolute Gasteiger partial charge is 0.0635 e. The van der Waals surface area contributed by atoms with Crippen LogP contribution in [0.25, 0.3) is 0 Å². The monoisotopic (exact) mass is 340 g/mol. The van der Waals surface area contributed by atoms with E-state index < -0.39 is 0 Å². The van der Waals surface area contributed by atoms with Crippen molar-refractivity contribution in [3.05, 3.63) is 28.2 Å². The molecule has 4 heteroatoms. The van der Waals surface area contributed by atoms with Gasteiger partial charge in [-0.3, -0.25) is 0 Å². The van der Waals surface area contributed by atoms with Crippen molar-refractivity contribution in [3.63, 3.8) is 0 Å². The lowest BCUT2D eigenvalue weighted by Gasteiger charge is -2.30. The largest absolute Gasteiger partial charge is 0.394 e. The number of rotatable bonds is 6. The number of hydrogen-bond acceptors (Lipinski definition) is 3. The molecule has 1 heterocycles. The summed E-state index contributed by atoms with van der Waals surface area (Å²) in [6.07, 6.45) is 3.39. The Kier molecular flexibility index (Phi) is 5.87. The average molecular weight is 341 g/mol. The van der Waals surface area contributed by atoms with Crippen LogP contribution in [0.15, 0.2) is 22.7 Å². The molecule has 0 aliphatic carbocycles. The Hall–Kier alpha value is -0.580. The second-order valence-electron chi connectivity index (χ2n) is 5.55. The highest BCUT2D eigenvalue weighted by molar-refractivity contribution is 9.10. The molecule has 1 aromatic carbocycles. The quantitative estimate of drug-likeness (QED) is 0.832. The van der Waals surface area contributed by atoms with Gasteiger partial charge in [-0.15, -0.1) is 0 Å². The predicted octanol–water partition coefficient (Wildman–Crippen LogP) is 3.47. The van der Waals surface area contributed by atoms with Crippen molar-refractivity contribution in [2.75, 3.05) is 24.6 Å². The zero-order valence-corrected chi connectivity index (χ0v) is 14.0. The van der Waals surface area contributed by atoms with Gasteiger partial charge in [0.25, 0.3) is 0 Å². The van der Waals surface area contributed by atoms with E-state index in [0.29, 0.717) is 6.04 Å². The normalized spacial score (nSPS) is 20.4. The summed E-state index contributed by atoms with van der Waals surface area (Å²) < 4.78 is 1.11. The highest BCUT2D eigenvalue weighted by Crippen LogP contribution is 2.34. The van der Waals surface area contributed by atoms with Crippen LogP contribution < -0.4 is 10.2 Å². The van der Waals surface area contributed by atoms with Gasteiger partial charge in [-0.05, 0) is 56.5 Å². The van der Waals surface area contributed by atoms with E-state index in [1.807, 2.05) is 0 Å². The van der Waals surface area contributed by atoms with Crippen LogP contribution in [0.3, 0.4) is 0 Å². The van der Waals surface area contributed by atoms with E-state index in [9.17, 15) is 5.11 Å². The molecule has 1 aromatic rings. The summed E-state index contributed by atoms with van der Waals surface area (Å²) in [6, 6.07) is 7.07. The number of anilines is 1. The highest BCUT2D eigenvalue weighted by Gasteiger charge is 2.26. The Morgan fingerprint density at radius 3 is 3.00 bits per heavy atom. The molecule has 2 N–H and O–H groups in total. The Morgan fingerprint density at radius 1 is 1.50 bits per heavy atom. The minimum Gasteiger partial charge on any atom is -0.394 e. The van der Waals surface area contributed by atoms with Crippen LogP contribution in [-0.2, 0) is 0 Å². The van der Waals surface area contributed by atoms with Crippen LogP contribution >= 0.6 is 15.9 Å². The topological polar surface area (TPSA) is 35.5 Å². The van der Waals surface area contributed by atoms with E-state index >= 15 is 0 Å². The van der Waals surface area contributed by atoms with Gasteiger partial charge in [0.05, 0.1) is 12.6 Å². The number of benzene rings is 1. The second-order valence-corrected chi connectivity index (χ2v) is 6.47. The van der Waals surface area contributed by atoms with Gasteiger partial charge in [-0.1, -0.05) is 22.9 Å². The van der Waals surface area contributed by atoms with Crippen molar-refractivity contribution in [2.45, 2.75) is 45.2 Å². The van der Waals surface area contributed by atoms with Gasteiger partial charge < -0.3 is 15.3 Å². The third kappa shape index (κ3) is 3.54. The molecule has 0 saturated carbocycles. The number of hydrogen-bond donors (Lipinski definition) is 2. The summed E-state index contributed by atoms with van der Waals surface area (Å²) in [5.41, 5.74) is 2.58. The fraction of sp³-hybridized carbons (Fsp3) is 0.625. The first-order chi connectivity index (χ1) is 9.67. The minimum absolute atomic E-state index is 0.242. The van der Waals surface area contributed by atoms with Crippen molar-refractivity contribution in [3.8, 4) is 0 Å². The molecule has 2 unspecified atom stereocenters. The molecule has 1 aliphatic heterocycles. The maximum atomic E-state index is 9.56. The molecule has 2 rings (SSSR count). The number of aliphatic hydroxyl groups excluding tert-OH is 1. The van der Waals surface area contributed by atoms with Crippen molar-refractivity contribution in [1.29, 1.82) is 0 Å². The van der Waals surface area contributed by atoms with Gasteiger partial charge in [-0.2, -0.15) is 0 Å². The van der Waals surface area contributed by atoms with E-state index in [1.54, 1.807) is 0 Å². The lowest BCUT2D eigenvalue weighted by atomic mass is 10.0. The molecule has 2 atom stereocenters. The predicted molar refractivity (Wildman–Crippen MR) is 88.3 cm³/mol. The maximum absolute atomic E-state index is 9.56. The Bertz CT molecular complexity index is 438. The number of aliphatic hydroxyl groups is 1. The molecule has 0 aromatic heterocycles. The summed E-state index contributed by atoms with van der Waals surface area (Å²) in [5, 5.41) is 13.1. The van der Waals surface area contributed by atoms with Crippen LogP contribution in [-0.4, -0.2) is 30.8 Å². The Balaban J connectivity index is 2.27. The average Bonchev–Trinajstić information content (AvgIpc) is 2.92. The summed E-state index contributed by atoms with van der Waals surface area (Å²) in [6.45, 7) is 6.71. The lowest BCUT2D eigenvalue weighted by Crippen LogP contribution is -2.33. The van der Waals surface area contributed by atoms with Crippen LogP contribution in [0.2, 0.25) is 0 Å².